The van der Waals surface area contributed by atoms with Gasteiger partial charge in [0.05, 0.1) is 10.2 Å². The minimum absolute atomic E-state index is 0.0644. The highest BCUT2D eigenvalue weighted by Gasteiger charge is 2.12. The lowest BCUT2D eigenvalue weighted by Gasteiger charge is -2.07. The molecule has 0 fully saturated rings. The Balaban J connectivity index is 3.14. The molecule has 5 heteroatoms. The van der Waals surface area contributed by atoms with Crippen LogP contribution in [0.25, 0.3) is 0 Å². The molecule has 12 heavy (non-hydrogen) atoms. The number of benzene rings is 1. The number of rotatable bonds is 2. The summed E-state index contributed by atoms with van der Waals surface area (Å²) in [6, 6.07) is 4.47. The van der Waals surface area contributed by atoms with Gasteiger partial charge in [-0.3, -0.25) is 5.84 Å². The van der Waals surface area contributed by atoms with Crippen molar-refractivity contribution in [2.24, 2.45) is 5.84 Å². The van der Waals surface area contributed by atoms with Crippen LogP contribution in [0.2, 0.25) is 0 Å². The SMILES string of the molecule is NNc1cccc(C(F)F)c1Br. The average molecular weight is 237 g/mol. The number of hydrogen-bond acceptors (Lipinski definition) is 2. The molecule has 3 N–H and O–H groups in total. The summed E-state index contributed by atoms with van der Waals surface area (Å²) in [4.78, 5) is 0. The fourth-order valence-electron chi connectivity index (χ4n) is 0.830. The standard InChI is InChI=1S/C7H7BrF2N2/c8-6-4(7(9)10)2-1-3-5(6)12-11/h1-3,7,12H,11H2. The summed E-state index contributed by atoms with van der Waals surface area (Å²) < 4.78 is 24.8. The van der Waals surface area contributed by atoms with Gasteiger partial charge in [0.2, 0.25) is 0 Å². The Kier molecular flexibility index (Phi) is 2.99. The van der Waals surface area contributed by atoms with E-state index in [-0.39, 0.29) is 5.56 Å². The second-order valence-electron chi connectivity index (χ2n) is 2.15. The largest absolute Gasteiger partial charge is 0.323 e. The lowest BCUT2D eigenvalue weighted by Crippen LogP contribution is -2.07. The van der Waals surface area contributed by atoms with Gasteiger partial charge in [-0.1, -0.05) is 12.1 Å². The third kappa shape index (κ3) is 1.73. The molecule has 0 aliphatic heterocycles. The maximum Gasteiger partial charge on any atom is 0.265 e. The van der Waals surface area contributed by atoms with E-state index in [1.807, 2.05) is 0 Å². The molecule has 0 spiro atoms. The van der Waals surface area contributed by atoms with Crippen LogP contribution in [0.5, 0.6) is 0 Å². The number of nitrogens with one attached hydrogen (secondary N) is 1. The Hall–Kier alpha value is -0.680. The molecule has 0 aromatic heterocycles. The molecule has 0 saturated carbocycles. The third-order valence-electron chi connectivity index (χ3n) is 1.42. The number of anilines is 1. The molecule has 1 rings (SSSR count). The van der Waals surface area contributed by atoms with Crippen molar-refractivity contribution >= 4 is 21.6 Å². The molecule has 1 aromatic rings. The smallest absolute Gasteiger partial charge is 0.265 e. The molecule has 0 radical (unpaired) electrons. The topological polar surface area (TPSA) is 38.0 Å². The first kappa shape index (κ1) is 9.41. The fourth-order valence-corrected chi connectivity index (χ4v) is 1.38. The molecule has 0 amide bonds. The van der Waals surface area contributed by atoms with Crippen LogP contribution in [0.1, 0.15) is 12.0 Å². The zero-order valence-electron chi connectivity index (χ0n) is 6.02. The normalized spacial score (nSPS) is 10.4. The van der Waals surface area contributed by atoms with Gasteiger partial charge in [-0.05, 0) is 22.0 Å². The highest BCUT2D eigenvalue weighted by molar-refractivity contribution is 9.10. The van der Waals surface area contributed by atoms with Crippen LogP contribution in [0.15, 0.2) is 22.7 Å². The van der Waals surface area contributed by atoms with Crippen molar-refractivity contribution < 1.29 is 8.78 Å². The van der Waals surface area contributed by atoms with Gasteiger partial charge in [-0.25, -0.2) is 8.78 Å². The molecule has 0 atom stereocenters. The molecule has 66 valence electrons. The highest BCUT2D eigenvalue weighted by Crippen LogP contribution is 2.32. The Morgan fingerprint density at radius 2 is 2.08 bits per heavy atom. The van der Waals surface area contributed by atoms with Gasteiger partial charge in [0.15, 0.2) is 0 Å². The van der Waals surface area contributed by atoms with Crippen molar-refractivity contribution in [2.75, 3.05) is 5.43 Å². The minimum Gasteiger partial charge on any atom is -0.323 e. The van der Waals surface area contributed by atoms with Crippen LogP contribution >= 0.6 is 15.9 Å². The molecule has 1 aromatic carbocycles. The van der Waals surface area contributed by atoms with Crippen LogP contribution < -0.4 is 11.3 Å². The van der Waals surface area contributed by atoms with Gasteiger partial charge in [-0.15, -0.1) is 0 Å². The van der Waals surface area contributed by atoms with E-state index in [4.69, 9.17) is 5.84 Å². The van der Waals surface area contributed by atoms with Gasteiger partial charge in [0, 0.05) is 5.56 Å². The zero-order valence-corrected chi connectivity index (χ0v) is 7.61. The van der Waals surface area contributed by atoms with Crippen molar-refractivity contribution in [3.05, 3.63) is 28.2 Å². The summed E-state index contributed by atoms with van der Waals surface area (Å²) >= 11 is 3.02. The molecular formula is C7H7BrF2N2. The van der Waals surface area contributed by atoms with Crippen molar-refractivity contribution in [2.45, 2.75) is 6.43 Å². The van der Waals surface area contributed by atoms with E-state index in [2.05, 4.69) is 21.4 Å². The molecular weight excluding hydrogens is 230 g/mol. The zero-order chi connectivity index (χ0) is 9.14. The van der Waals surface area contributed by atoms with Crippen LogP contribution in [0.4, 0.5) is 14.5 Å². The van der Waals surface area contributed by atoms with E-state index < -0.39 is 6.43 Å². The van der Waals surface area contributed by atoms with Crippen LogP contribution in [0, 0.1) is 0 Å². The summed E-state index contributed by atoms with van der Waals surface area (Å²) in [7, 11) is 0. The maximum absolute atomic E-state index is 12.2. The maximum atomic E-state index is 12.2. The summed E-state index contributed by atoms with van der Waals surface area (Å²) in [5, 5.41) is 0. The summed E-state index contributed by atoms with van der Waals surface area (Å²) in [5.74, 6) is 5.09. The van der Waals surface area contributed by atoms with E-state index >= 15 is 0 Å². The number of nitrogens with two attached hydrogens (primary N) is 1. The van der Waals surface area contributed by atoms with Crippen molar-refractivity contribution in [3.63, 3.8) is 0 Å². The Labute approximate surface area is 76.9 Å². The second-order valence-corrected chi connectivity index (χ2v) is 2.95. The number of hydrogen-bond donors (Lipinski definition) is 2. The van der Waals surface area contributed by atoms with E-state index in [1.54, 1.807) is 6.07 Å². The van der Waals surface area contributed by atoms with Crippen molar-refractivity contribution in [1.82, 2.24) is 0 Å². The lowest BCUT2D eigenvalue weighted by molar-refractivity contribution is 0.150. The van der Waals surface area contributed by atoms with Crippen molar-refractivity contribution in [1.29, 1.82) is 0 Å². The van der Waals surface area contributed by atoms with Crippen LogP contribution in [0.3, 0.4) is 0 Å². The average Bonchev–Trinajstić information content (AvgIpc) is 2.04. The lowest BCUT2D eigenvalue weighted by atomic mass is 10.2. The summed E-state index contributed by atoms with van der Waals surface area (Å²) in [6.45, 7) is 0. The van der Waals surface area contributed by atoms with Crippen molar-refractivity contribution in [3.8, 4) is 0 Å². The van der Waals surface area contributed by atoms with Gasteiger partial charge >= 0.3 is 0 Å². The van der Waals surface area contributed by atoms with Gasteiger partial charge in [0.25, 0.3) is 6.43 Å². The molecule has 0 aliphatic rings. The van der Waals surface area contributed by atoms with E-state index in [0.29, 0.717) is 10.2 Å². The Bertz CT molecular complexity index is 278. The predicted octanol–water partition coefficient (Wildman–Crippen LogP) is 2.67. The van der Waals surface area contributed by atoms with E-state index in [0.717, 1.165) is 0 Å². The second kappa shape index (κ2) is 3.82. The monoisotopic (exact) mass is 236 g/mol. The first-order valence-corrected chi connectivity index (χ1v) is 3.99. The number of halogens is 3. The predicted molar refractivity (Wildman–Crippen MR) is 46.9 cm³/mol. The summed E-state index contributed by atoms with van der Waals surface area (Å²) in [5.41, 5.74) is 2.70. The van der Waals surface area contributed by atoms with Gasteiger partial charge in [-0.2, -0.15) is 0 Å². The van der Waals surface area contributed by atoms with Gasteiger partial charge in [0.1, 0.15) is 0 Å². The molecule has 2 nitrogen and oxygen atoms in total. The molecule has 0 saturated heterocycles. The quantitative estimate of drug-likeness (QED) is 0.613. The first-order valence-electron chi connectivity index (χ1n) is 3.20. The van der Waals surface area contributed by atoms with Crippen LogP contribution in [-0.2, 0) is 0 Å². The molecule has 0 unspecified atom stereocenters. The highest BCUT2D eigenvalue weighted by atomic mass is 79.9. The third-order valence-corrected chi connectivity index (χ3v) is 2.30. The molecule has 0 heterocycles. The number of hydrazine groups is 1. The minimum atomic E-state index is -2.49. The van der Waals surface area contributed by atoms with E-state index in [9.17, 15) is 8.78 Å². The first-order chi connectivity index (χ1) is 5.66. The van der Waals surface area contributed by atoms with Gasteiger partial charge < -0.3 is 5.43 Å². The van der Waals surface area contributed by atoms with E-state index in [1.165, 1.54) is 12.1 Å². The Morgan fingerprint density at radius 3 is 2.58 bits per heavy atom. The summed E-state index contributed by atoms with van der Waals surface area (Å²) in [6.07, 6.45) is -2.49. The fraction of sp³-hybridized carbons (Fsp3) is 0.143. The number of nitrogen functional groups attached to an aromatic ring is 1. The van der Waals surface area contributed by atoms with Crippen LogP contribution in [-0.4, -0.2) is 0 Å². The molecule has 0 bridgehead atoms. The molecule has 0 aliphatic carbocycles. The Morgan fingerprint density at radius 1 is 1.42 bits per heavy atom. The number of alkyl halides is 2.